The number of anilines is 3. The van der Waals surface area contributed by atoms with E-state index in [0.29, 0.717) is 5.56 Å². The first-order chi connectivity index (χ1) is 13.6. The number of carbonyl (C=O) groups excluding carboxylic acids is 1. The van der Waals surface area contributed by atoms with E-state index >= 15 is 0 Å². The van der Waals surface area contributed by atoms with Gasteiger partial charge < -0.3 is 20.3 Å². The van der Waals surface area contributed by atoms with E-state index in [0.717, 1.165) is 56.2 Å². The molecule has 2 aromatic rings. The van der Waals surface area contributed by atoms with Gasteiger partial charge in [0, 0.05) is 43.8 Å². The Labute approximate surface area is 167 Å². The van der Waals surface area contributed by atoms with E-state index in [2.05, 4.69) is 40.4 Å². The van der Waals surface area contributed by atoms with Crippen molar-refractivity contribution in [3.8, 4) is 0 Å². The number of carbonyl (C=O) groups is 1. The number of nitrogens with one attached hydrogen (secondary N) is 2. The van der Waals surface area contributed by atoms with Crippen LogP contribution in [0.5, 0.6) is 0 Å². The highest BCUT2D eigenvalue weighted by Gasteiger charge is 2.15. The lowest BCUT2D eigenvalue weighted by molar-refractivity contribution is 0.102. The van der Waals surface area contributed by atoms with Gasteiger partial charge in [-0.25, -0.2) is 4.98 Å². The molecule has 0 spiro atoms. The number of aryl methyl sites for hydroxylation is 1. The Balaban J connectivity index is 1.59. The lowest BCUT2D eigenvalue weighted by atomic mass is 10.1. The number of pyridine rings is 1. The van der Waals surface area contributed by atoms with Crippen LogP contribution in [0.3, 0.4) is 0 Å². The number of hydrogen-bond donors (Lipinski definition) is 2. The molecule has 1 aromatic heterocycles. The fourth-order valence-electron chi connectivity index (χ4n) is 3.42. The molecule has 6 nitrogen and oxygen atoms in total. The summed E-state index contributed by atoms with van der Waals surface area (Å²) < 4.78 is 5.59. The number of benzene rings is 1. The van der Waals surface area contributed by atoms with Crippen LogP contribution in [-0.2, 0) is 4.74 Å². The molecule has 1 aliphatic rings. The molecule has 0 aliphatic carbocycles. The van der Waals surface area contributed by atoms with Gasteiger partial charge in [-0.1, -0.05) is 0 Å². The van der Waals surface area contributed by atoms with Crippen molar-refractivity contribution in [2.45, 2.75) is 39.7 Å². The van der Waals surface area contributed by atoms with Crippen LogP contribution in [0, 0.1) is 6.92 Å². The second-order valence-corrected chi connectivity index (χ2v) is 7.07. The smallest absolute Gasteiger partial charge is 0.257 e. The molecule has 1 aliphatic heterocycles. The third-order valence-electron chi connectivity index (χ3n) is 5.15. The Morgan fingerprint density at radius 2 is 2.07 bits per heavy atom. The first-order valence-corrected chi connectivity index (χ1v) is 10.1. The van der Waals surface area contributed by atoms with E-state index in [9.17, 15) is 4.79 Å². The lowest BCUT2D eigenvalue weighted by Gasteiger charge is -2.22. The zero-order chi connectivity index (χ0) is 19.9. The zero-order valence-electron chi connectivity index (χ0n) is 17.0. The molecule has 0 radical (unpaired) electrons. The third kappa shape index (κ3) is 5.01. The van der Waals surface area contributed by atoms with E-state index in [1.807, 2.05) is 25.1 Å². The highest BCUT2D eigenvalue weighted by Crippen LogP contribution is 2.23. The van der Waals surface area contributed by atoms with Gasteiger partial charge in [0.25, 0.3) is 5.91 Å². The van der Waals surface area contributed by atoms with Gasteiger partial charge in [-0.3, -0.25) is 4.79 Å². The van der Waals surface area contributed by atoms with E-state index in [-0.39, 0.29) is 12.0 Å². The van der Waals surface area contributed by atoms with Crippen LogP contribution in [0.1, 0.15) is 42.6 Å². The summed E-state index contributed by atoms with van der Waals surface area (Å²) in [6, 6.07) is 9.75. The van der Waals surface area contributed by atoms with E-state index in [1.54, 1.807) is 12.3 Å². The summed E-state index contributed by atoms with van der Waals surface area (Å²) in [6.45, 7) is 9.80. The van der Waals surface area contributed by atoms with Gasteiger partial charge in [0.2, 0.25) is 0 Å². The Morgan fingerprint density at radius 3 is 2.68 bits per heavy atom. The minimum absolute atomic E-state index is 0.156. The van der Waals surface area contributed by atoms with Crippen molar-refractivity contribution in [3.63, 3.8) is 0 Å². The van der Waals surface area contributed by atoms with Gasteiger partial charge in [0.15, 0.2) is 0 Å². The van der Waals surface area contributed by atoms with Crippen LogP contribution < -0.4 is 15.5 Å². The van der Waals surface area contributed by atoms with Gasteiger partial charge in [0.1, 0.15) is 5.82 Å². The van der Waals surface area contributed by atoms with Gasteiger partial charge >= 0.3 is 0 Å². The van der Waals surface area contributed by atoms with E-state index in [1.165, 1.54) is 5.69 Å². The molecule has 6 heteroatoms. The molecule has 0 saturated carbocycles. The second-order valence-electron chi connectivity index (χ2n) is 7.07. The standard InChI is InChI=1S/C22H30N4O2/c1-4-26(5-2)18-9-10-20(16(3)13-18)25-22(27)17-8-11-21(23-14-17)24-15-19-7-6-12-28-19/h8-11,13-14,19H,4-7,12,15H2,1-3H3,(H,23,24)(H,25,27). The Kier molecular flexibility index (Phi) is 6.87. The van der Waals surface area contributed by atoms with Crippen LogP contribution in [0.25, 0.3) is 0 Å². The molecule has 1 atom stereocenters. The average Bonchev–Trinajstić information content (AvgIpc) is 3.23. The van der Waals surface area contributed by atoms with Gasteiger partial charge in [0.05, 0.1) is 11.7 Å². The SMILES string of the molecule is CCN(CC)c1ccc(NC(=O)c2ccc(NCC3CCCO3)nc2)c(C)c1. The number of amides is 1. The summed E-state index contributed by atoms with van der Waals surface area (Å²) in [5, 5.41) is 6.25. The first kappa shape index (κ1) is 20.1. The summed E-state index contributed by atoms with van der Waals surface area (Å²) in [6.07, 6.45) is 4.06. The maximum absolute atomic E-state index is 12.6. The van der Waals surface area contributed by atoms with Crippen LogP contribution in [0.4, 0.5) is 17.2 Å². The quantitative estimate of drug-likeness (QED) is 0.720. The van der Waals surface area contributed by atoms with Crippen molar-refractivity contribution >= 4 is 23.1 Å². The second kappa shape index (κ2) is 9.55. The average molecular weight is 383 g/mol. The molecule has 0 bridgehead atoms. The fraction of sp³-hybridized carbons (Fsp3) is 0.455. The van der Waals surface area contributed by atoms with Gasteiger partial charge in [-0.2, -0.15) is 0 Å². The zero-order valence-corrected chi connectivity index (χ0v) is 17.0. The molecule has 1 unspecified atom stereocenters. The predicted octanol–water partition coefficient (Wildman–Crippen LogP) is 4.08. The number of aromatic nitrogens is 1. The molecular weight excluding hydrogens is 352 g/mol. The first-order valence-electron chi connectivity index (χ1n) is 10.1. The monoisotopic (exact) mass is 382 g/mol. The maximum Gasteiger partial charge on any atom is 0.257 e. The summed E-state index contributed by atoms with van der Waals surface area (Å²) in [4.78, 5) is 19.2. The highest BCUT2D eigenvalue weighted by molar-refractivity contribution is 6.04. The number of hydrogen-bond acceptors (Lipinski definition) is 5. The Morgan fingerprint density at radius 1 is 1.25 bits per heavy atom. The number of rotatable bonds is 8. The largest absolute Gasteiger partial charge is 0.376 e. The van der Waals surface area contributed by atoms with Gasteiger partial charge in [-0.15, -0.1) is 0 Å². The third-order valence-corrected chi connectivity index (χ3v) is 5.15. The summed E-state index contributed by atoms with van der Waals surface area (Å²) in [5.41, 5.74) is 3.57. The summed E-state index contributed by atoms with van der Waals surface area (Å²) in [7, 11) is 0. The molecule has 1 saturated heterocycles. The van der Waals surface area contributed by atoms with Crippen LogP contribution in [0.2, 0.25) is 0 Å². The van der Waals surface area contributed by atoms with Crippen LogP contribution in [0.15, 0.2) is 36.5 Å². The lowest BCUT2D eigenvalue weighted by Crippen LogP contribution is -2.22. The molecule has 1 amide bonds. The Hall–Kier alpha value is -2.60. The minimum Gasteiger partial charge on any atom is -0.376 e. The van der Waals surface area contributed by atoms with Crippen LogP contribution in [-0.4, -0.2) is 43.2 Å². The van der Waals surface area contributed by atoms with Crippen molar-refractivity contribution in [2.75, 3.05) is 41.8 Å². The Bertz CT molecular complexity index is 782. The normalized spacial score (nSPS) is 16.0. The molecule has 150 valence electrons. The molecule has 1 fully saturated rings. The van der Waals surface area contributed by atoms with Gasteiger partial charge in [-0.05, 0) is 69.5 Å². The van der Waals surface area contributed by atoms with Crippen molar-refractivity contribution in [1.29, 1.82) is 0 Å². The highest BCUT2D eigenvalue weighted by atomic mass is 16.5. The molecule has 2 N–H and O–H groups in total. The number of ether oxygens (including phenoxy) is 1. The van der Waals surface area contributed by atoms with Crippen molar-refractivity contribution in [3.05, 3.63) is 47.7 Å². The maximum atomic E-state index is 12.6. The predicted molar refractivity (Wildman–Crippen MR) is 114 cm³/mol. The topological polar surface area (TPSA) is 66.5 Å². The molecule has 1 aromatic carbocycles. The van der Waals surface area contributed by atoms with Crippen molar-refractivity contribution in [1.82, 2.24) is 4.98 Å². The molecule has 28 heavy (non-hydrogen) atoms. The van der Waals surface area contributed by atoms with E-state index < -0.39 is 0 Å². The molecule has 3 rings (SSSR count). The summed E-state index contributed by atoms with van der Waals surface area (Å²) in [5.74, 6) is 0.601. The number of nitrogens with zero attached hydrogens (tertiary/aromatic N) is 2. The molecular formula is C22H30N4O2. The minimum atomic E-state index is -0.156. The molecule has 2 heterocycles. The van der Waals surface area contributed by atoms with Crippen molar-refractivity contribution < 1.29 is 9.53 Å². The summed E-state index contributed by atoms with van der Waals surface area (Å²) >= 11 is 0. The van der Waals surface area contributed by atoms with Crippen LogP contribution >= 0.6 is 0 Å². The fourth-order valence-corrected chi connectivity index (χ4v) is 3.42. The van der Waals surface area contributed by atoms with Crippen molar-refractivity contribution in [2.24, 2.45) is 0 Å². The van der Waals surface area contributed by atoms with E-state index in [4.69, 9.17) is 4.74 Å².